The van der Waals surface area contributed by atoms with E-state index in [0.717, 1.165) is 24.8 Å². The maximum absolute atomic E-state index is 13.8. The number of allylic oxidation sites excluding steroid dienone is 1. The van der Waals surface area contributed by atoms with E-state index in [2.05, 4.69) is 27.6 Å². The molecule has 2 aromatic carbocycles. The van der Waals surface area contributed by atoms with Crippen molar-refractivity contribution in [1.29, 1.82) is 0 Å². The Labute approximate surface area is 221 Å². The molecule has 0 unspecified atom stereocenters. The van der Waals surface area contributed by atoms with Gasteiger partial charge in [0.15, 0.2) is 0 Å². The zero-order valence-electron chi connectivity index (χ0n) is 21.5. The molecule has 37 heavy (non-hydrogen) atoms. The number of fused-ring (bicyclic) bond motifs is 1. The number of nitrogens with one attached hydrogen (secondary N) is 2. The number of hydrogen-bond donors (Lipinski definition) is 2. The molecule has 4 rings (SSSR count). The van der Waals surface area contributed by atoms with E-state index in [4.69, 9.17) is 25.8 Å². The van der Waals surface area contributed by atoms with Crippen molar-refractivity contribution in [2.75, 3.05) is 31.5 Å². The first kappa shape index (κ1) is 26.3. The molecular weight excluding hydrogens is 494 g/mol. The summed E-state index contributed by atoms with van der Waals surface area (Å²) < 4.78 is 18.7. The summed E-state index contributed by atoms with van der Waals surface area (Å²) in [5.74, 6) is 1.74. The van der Waals surface area contributed by atoms with Crippen LogP contribution in [0.1, 0.15) is 51.1 Å². The van der Waals surface area contributed by atoms with E-state index in [-0.39, 0.29) is 5.91 Å². The first-order valence-corrected chi connectivity index (χ1v) is 12.7. The largest absolute Gasteiger partial charge is 0.495 e. The number of ether oxygens (including phenoxy) is 3. The predicted octanol–water partition coefficient (Wildman–Crippen LogP) is 5.84. The third-order valence-corrected chi connectivity index (χ3v) is 6.53. The fourth-order valence-electron chi connectivity index (χ4n) is 4.37. The summed E-state index contributed by atoms with van der Waals surface area (Å²) in [4.78, 5) is 18.2. The molecule has 196 valence electrons. The van der Waals surface area contributed by atoms with E-state index in [9.17, 15) is 4.79 Å². The van der Waals surface area contributed by atoms with Crippen molar-refractivity contribution in [1.82, 2.24) is 14.8 Å². The molecule has 0 aliphatic carbocycles. The normalized spacial score (nSPS) is 14.6. The second-order valence-corrected chi connectivity index (χ2v) is 9.09. The highest BCUT2D eigenvalue weighted by Gasteiger charge is 2.35. The van der Waals surface area contributed by atoms with Gasteiger partial charge in [-0.25, -0.2) is 4.68 Å². The van der Waals surface area contributed by atoms with Crippen LogP contribution in [0.3, 0.4) is 0 Å². The summed E-state index contributed by atoms with van der Waals surface area (Å²) in [5, 5.41) is 11.0. The van der Waals surface area contributed by atoms with Crippen LogP contribution in [0, 0.1) is 0 Å². The Balaban J connectivity index is 1.70. The fourth-order valence-corrected chi connectivity index (χ4v) is 4.60. The molecule has 0 spiro atoms. The molecule has 1 amide bonds. The zero-order chi connectivity index (χ0) is 26.4. The molecule has 1 atom stereocenters. The lowest BCUT2D eigenvalue weighted by Crippen LogP contribution is -2.32. The molecule has 0 saturated heterocycles. The molecule has 0 radical (unpaired) electrons. The second-order valence-electron chi connectivity index (χ2n) is 8.68. The van der Waals surface area contributed by atoms with Crippen molar-refractivity contribution in [3.8, 4) is 17.2 Å². The Bertz CT molecular complexity index is 1290. The summed E-state index contributed by atoms with van der Waals surface area (Å²) in [6, 6.07) is 10.4. The van der Waals surface area contributed by atoms with Crippen molar-refractivity contribution >= 4 is 29.1 Å². The Morgan fingerprint density at radius 3 is 2.65 bits per heavy atom. The SMILES string of the molecule is CCCCCCOc1ccccc1[C@@H]1C(C(=O)Nc2cc(OC)c(Cl)cc2OC)=C(C)Nc2ncnn21. The average molecular weight is 526 g/mol. The number of unbranched alkanes of at least 4 members (excludes halogenated alkanes) is 3. The second kappa shape index (κ2) is 12.0. The number of methoxy groups -OCH3 is 2. The number of benzene rings is 2. The van der Waals surface area contributed by atoms with Gasteiger partial charge < -0.3 is 24.8 Å². The first-order valence-electron chi connectivity index (χ1n) is 12.3. The van der Waals surface area contributed by atoms with Gasteiger partial charge in [-0.05, 0) is 19.4 Å². The number of aromatic nitrogens is 3. The standard InChI is InChI=1S/C27H32ClN5O4/c1-5-6-7-10-13-37-21-12-9-8-11-18(21)25-24(17(2)31-27-29-16-30-33(25)27)26(34)32-20-15-22(35-3)19(28)14-23(20)36-4/h8-9,11-12,14-16,25H,5-7,10,13H2,1-4H3,(H,32,34)(H,29,30,31)/t25-/m1/s1. The van der Waals surface area contributed by atoms with Crippen LogP contribution in [0.4, 0.5) is 11.6 Å². The van der Waals surface area contributed by atoms with E-state index in [1.807, 2.05) is 31.2 Å². The van der Waals surface area contributed by atoms with Crippen molar-refractivity contribution in [2.45, 2.75) is 45.6 Å². The molecule has 10 heteroatoms. The highest BCUT2D eigenvalue weighted by molar-refractivity contribution is 6.32. The monoisotopic (exact) mass is 525 g/mol. The van der Waals surface area contributed by atoms with Gasteiger partial charge in [0.1, 0.15) is 29.6 Å². The van der Waals surface area contributed by atoms with Crippen molar-refractivity contribution < 1.29 is 19.0 Å². The topological polar surface area (TPSA) is 99.5 Å². The number of anilines is 2. The minimum atomic E-state index is -0.564. The van der Waals surface area contributed by atoms with Gasteiger partial charge in [0.05, 0.1) is 37.1 Å². The Morgan fingerprint density at radius 2 is 1.89 bits per heavy atom. The summed E-state index contributed by atoms with van der Waals surface area (Å²) in [6.45, 7) is 4.62. The molecule has 1 aliphatic rings. The lowest BCUT2D eigenvalue weighted by Gasteiger charge is -2.30. The Morgan fingerprint density at radius 1 is 1.11 bits per heavy atom. The smallest absolute Gasteiger partial charge is 0.255 e. The van der Waals surface area contributed by atoms with Crippen molar-refractivity contribution in [2.24, 2.45) is 0 Å². The number of halogens is 1. The van der Waals surface area contributed by atoms with Crippen LogP contribution in [-0.2, 0) is 4.79 Å². The number of carbonyl (C=O) groups is 1. The number of para-hydroxylation sites is 1. The van der Waals surface area contributed by atoms with Gasteiger partial charge in [-0.15, -0.1) is 0 Å². The summed E-state index contributed by atoms with van der Waals surface area (Å²) in [6.07, 6.45) is 5.87. The van der Waals surface area contributed by atoms with Gasteiger partial charge in [-0.1, -0.05) is 56.0 Å². The van der Waals surface area contributed by atoms with Crippen LogP contribution in [0.25, 0.3) is 0 Å². The first-order chi connectivity index (χ1) is 18.0. The number of hydrogen-bond acceptors (Lipinski definition) is 7. The minimum Gasteiger partial charge on any atom is -0.495 e. The number of nitrogens with zero attached hydrogens (tertiary/aromatic N) is 3. The van der Waals surface area contributed by atoms with Gasteiger partial charge in [-0.3, -0.25) is 4.79 Å². The molecule has 0 saturated carbocycles. The molecule has 2 N–H and O–H groups in total. The van der Waals surface area contributed by atoms with Crippen LogP contribution in [-0.4, -0.2) is 41.5 Å². The van der Waals surface area contributed by atoms with Gasteiger partial charge in [0, 0.05) is 23.4 Å². The molecule has 1 aliphatic heterocycles. The molecule has 0 fully saturated rings. The van der Waals surface area contributed by atoms with Crippen LogP contribution in [0.2, 0.25) is 5.02 Å². The number of amides is 1. The van der Waals surface area contributed by atoms with E-state index < -0.39 is 6.04 Å². The molecule has 3 aromatic rings. The maximum Gasteiger partial charge on any atom is 0.255 e. The molecular formula is C27H32ClN5O4. The van der Waals surface area contributed by atoms with E-state index in [1.54, 1.807) is 16.8 Å². The quantitative estimate of drug-likeness (QED) is 0.303. The fraction of sp³-hybridized carbons (Fsp3) is 0.370. The summed E-state index contributed by atoms with van der Waals surface area (Å²) in [7, 11) is 3.03. The Hall–Kier alpha value is -3.72. The Kier molecular flexibility index (Phi) is 8.55. The van der Waals surface area contributed by atoms with Gasteiger partial charge in [0.2, 0.25) is 5.95 Å². The number of carbonyl (C=O) groups excluding carboxylic acids is 1. The maximum atomic E-state index is 13.8. The van der Waals surface area contributed by atoms with Gasteiger partial charge in [-0.2, -0.15) is 10.1 Å². The highest BCUT2D eigenvalue weighted by atomic mass is 35.5. The molecule has 2 heterocycles. The molecule has 0 bridgehead atoms. The lowest BCUT2D eigenvalue weighted by molar-refractivity contribution is -0.113. The summed E-state index contributed by atoms with van der Waals surface area (Å²) in [5.41, 5.74) is 2.37. The number of rotatable bonds is 11. The zero-order valence-corrected chi connectivity index (χ0v) is 22.3. The molecule has 9 nitrogen and oxygen atoms in total. The van der Waals surface area contributed by atoms with Gasteiger partial charge >= 0.3 is 0 Å². The van der Waals surface area contributed by atoms with Crippen LogP contribution < -0.4 is 24.8 Å². The van der Waals surface area contributed by atoms with Gasteiger partial charge in [0.25, 0.3) is 5.91 Å². The highest BCUT2D eigenvalue weighted by Crippen LogP contribution is 2.41. The third kappa shape index (κ3) is 5.67. The lowest BCUT2D eigenvalue weighted by atomic mass is 9.94. The average Bonchev–Trinajstić information content (AvgIpc) is 3.36. The predicted molar refractivity (Wildman–Crippen MR) is 144 cm³/mol. The van der Waals surface area contributed by atoms with E-state index in [1.165, 1.54) is 27.0 Å². The van der Waals surface area contributed by atoms with Crippen LogP contribution >= 0.6 is 11.6 Å². The van der Waals surface area contributed by atoms with E-state index in [0.29, 0.717) is 51.8 Å². The molecule has 1 aromatic heterocycles. The van der Waals surface area contributed by atoms with E-state index >= 15 is 0 Å². The minimum absolute atomic E-state index is 0.337. The van der Waals surface area contributed by atoms with Crippen LogP contribution in [0.15, 0.2) is 54.0 Å². The van der Waals surface area contributed by atoms with Crippen molar-refractivity contribution in [3.05, 3.63) is 64.6 Å². The summed E-state index contributed by atoms with van der Waals surface area (Å²) >= 11 is 6.25. The van der Waals surface area contributed by atoms with Crippen molar-refractivity contribution in [3.63, 3.8) is 0 Å². The third-order valence-electron chi connectivity index (χ3n) is 6.23. The van der Waals surface area contributed by atoms with Crippen LogP contribution in [0.5, 0.6) is 17.2 Å².